The molecule has 1 atom stereocenters. The van der Waals surface area contributed by atoms with Crippen LogP contribution in [-0.2, 0) is 4.79 Å². The van der Waals surface area contributed by atoms with Gasteiger partial charge in [0.05, 0.1) is 0 Å². The fourth-order valence-corrected chi connectivity index (χ4v) is 2.01. The van der Waals surface area contributed by atoms with E-state index in [1.54, 1.807) is 0 Å². The van der Waals surface area contributed by atoms with E-state index in [1.165, 1.54) is 25.7 Å². The maximum atomic E-state index is 10.3. The Kier molecular flexibility index (Phi) is 11.5. The van der Waals surface area contributed by atoms with Crippen LogP contribution in [0.2, 0.25) is 0 Å². The number of rotatable bonds is 12. The Bertz CT molecular complexity index is 183. The zero-order valence-electron chi connectivity index (χ0n) is 11.3. The molecule has 0 rings (SSSR count). The lowest BCUT2D eigenvalue weighted by Crippen LogP contribution is -2.19. The average Bonchev–Trinajstić information content (AvgIpc) is 2.29. The van der Waals surface area contributed by atoms with Gasteiger partial charge in [0, 0.05) is 12.5 Å². The third-order valence-corrected chi connectivity index (χ3v) is 3.14. The van der Waals surface area contributed by atoms with Gasteiger partial charge in [0.1, 0.15) is 0 Å². The Morgan fingerprint density at radius 2 is 1.53 bits per heavy atom. The van der Waals surface area contributed by atoms with Gasteiger partial charge >= 0.3 is 5.97 Å². The summed E-state index contributed by atoms with van der Waals surface area (Å²) in [6.07, 6.45) is 11.8. The summed E-state index contributed by atoms with van der Waals surface area (Å²) in [5.74, 6) is -0.683. The first-order chi connectivity index (χ1) is 8.16. The molecule has 3 N–H and O–H groups in total. The van der Waals surface area contributed by atoms with E-state index < -0.39 is 5.97 Å². The summed E-state index contributed by atoms with van der Waals surface area (Å²) < 4.78 is 0. The van der Waals surface area contributed by atoms with Gasteiger partial charge < -0.3 is 10.8 Å². The van der Waals surface area contributed by atoms with Gasteiger partial charge in [-0.2, -0.15) is 0 Å². The summed E-state index contributed by atoms with van der Waals surface area (Å²) in [5.41, 5.74) is 6.02. The molecule has 0 saturated heterocycles. The second-order valence-corrected chi connectivity index (χ2v) is 4.96. The predicted octanol–water partition coefficient (Wildman–Crippen LogP) is 3.71. The zero-order valence-corrected chi connectivity index (χ0v) is 11.3. The maximum absolute atomic E-state index is 10.3. The molecule has 0 amide bonds. The van der Waals surface area contributed by atoms with E-state index in [9.17, 15) is 4.79 Å². The largest absolute Gasteiger partial charge is 0.481 e. The van der Waals surface area contributed by atoms with Crippen molar-refractivity contribution < 1.29 is 9.90 Å². The number of hydrogen-bond donors (Lipinski definition) is 2. The molecule has 0 radical (unpaired) electrons. The molecule has 0 fully saturated rings. The lowest BCUT2D eigenvalue weighted by atomic mass is 10.0. The van der Waals surface area contributed by atoms with E-state index in [0.717, 1.165) is 38.5 Å². The van der Waals surface area contributed by atoms with Crippen LogP contribution in [0.4, 0.5) is 0 Å². The molecule has 3 nitrogen and oxygen atoms in total. The van der Waals surface area contributed by atoms with Crippen molar-refractivity contribution >= 4 is 5.97 Å². The van der Waals surface area contributed by atoms with Gasteiger partial charge in [-0.1, -0.05) is 51.9 Å². The summed E-state index contributed by atoms with van der Waals surface area (Å²) in [7, 11) is 0. The molecular formula is C14H29NO2. The van der Waals surface area contributed by atoms with E-state index in [2.05, 4.69) is 6.92 Å². The number of carboxylic acids is 1. The lowest BCUT2D eigenvalue weighted by molar-refractivity contribution is -0.137. The normalized spacial score (nSPS) is 12.6. The van der Waals surface area contributed by atoms with E-state index in [-0.39, 0.29) is 0 Å². The quantitative estimate of drug-likeness (QED) is 0.514. The number of unbranched alkanes of at least 4 members (excludes halogenated alkanes) is 6. The van der Waals surface area contributed by atoms with E-state index in [4.69, 9.17) is 10.8 Å². The van der Waals surface area contributed by atoms with E-state index >= 15 is 0 Å². The minimum atomic E-state index is -0.683. The first-order valence-corrected chi connectivity index (χ1v) is 7.14. The average molecular weight is 243 g/mol. The number of aliphatic carboxylic acids is 1. The van der Waals surface area contributed by atoms with Crippen molar-refractivity contribution in [3.63, 3.8) is 0 Å². The van der Waals surface area contributed by atoms with Crippen LogP contribution in [0.25, 0.3) is 0 Å². The SMILES string of the molecule is CCCCCCC(N)CCCCCCC(=O)O. The number of carboxylic acid groups (broad SMARTS) is 1. The second-order valence-electron chi connectivity index (χ2n) is 4.96. The number of hydrogen-bond acceptors (Lipinski definition) is 2. The molecule has 3 heteroatoms. The second kappa shape index (κ2) is 11.9. The number of nitrogens with two attached hydrogens (primary N) is 1. The van der Waals surface area contributed by atoms with Crippen LogP contribution in [0, 0.1) is 0 Å². The lowest BCUT2D eigenvalue weighted by Gasteiger charge is -2.10. The fraction of sp³-hybridized carbons (Fsp3) is 0.929. The Hall–Kier alpha value is -0.570. The summed E-state index contributed by atoms with van der Waals surface area (Å²) in [6, 6.07) is 0.353. The van der Waals surface area contributed by atoms with Crippen molar-refractivity contribution in [3.8, 4) is 0 Å². The molecule has 0 spiro atoms. The van der Waals surface area contributed by atoms with Gasteiger partial charge in [-0.25, -0.2) is 0 Å². The first-order valence-electron chi connectivity index (χ1n) is 7.14. The van der Waals surface area contributed by atoms with Crippen molar-refractivity contribution in [1.82, 2.24) is 0 Å². The van der Waals surface area contributed by atoms with Gasteiger partial charge in [0.2, 0.25) is 0 Å². The first kappa shape index (κ1) is 16.4. The third kappa shape index (κ3) is 13.4. The molecule has 102 valence electrons. The highest BCUT2D eigenvalue weighted by Gasteiger charge is 2.02. The summed E-state index contributed by atoms with van der Waals surface area (Å²) in [5, 5.41) is 8.48. The van der Waals surface area contributed by atoms with Crippen molar-refractivity contribution in [2.24, 2.45) is 5.73 Å². The van der Waals surface area contributed by atoms with Gasteiger partial charge in [0.25, 0.3) is 0 Å². The molecule has 0 heterocycles. The third-order valence-electron chi connectivity index (χ3n) is 3.14. The molecule has 0 saturated carbocycles. The smallest absolute Gasteiger partial charge is 0.303 e. The molecular weight excluding hydrogens is 214 g/mol. The molecule has 17 heavy (non-hydrogen) atoms. The highest BCUT2D eigenvalue weighted by atomic mass is 16.4. The van der Waals surface area contributed by atoms with Crippen LogP contribution < -0.4 is 5.73 Å². The molecule has 0 aliphatic rings. The van der Waals surface area contributed by atoms with Crippen LogP contribution in [0.5, 0.6) is 0 Å². The van der Waals surface area contributed by atoms with Gasteiger partial charge in [-0.15, -0.1) is 0 Å². The molecule has 0 aliphatic heterocycles. The Balaban J connectivity index is 3.16. The summed E-state index contributed by atoms with van der Waals surface area (Å²) in [6.45, 7) is 2.22. The molecule has 0 aromatic heterocycles. The molecule has 0 aromatic rings. The topological polar surface area (TPSA) is 63.3 Å². The fourth-order valence-electron chi connectivity index (χ4n) is 2.01. The van der Waals surface area contributed by atoms with Crippen molar-refractivity contribution in [2.75, 3.05) is 0 Å². The van der Waals surface area contributed by atoms with Crippen molar-refractivity contribution in [1.29, 1.82) is 0 Å². The van der Waals surface area contributed by atoms with Crippen molar-refractivity contribution in [2.45, 2.75) is 83.6 Å². The molecule has 0 aromatic carbocycles. The van der Waals surface area contributed by atoms with Crippen LogP contribution >= 0.6 is 0 Å². The van der Waals surface area contributed by atoms with E-state index in [1.807, 2.05) is 0 Å². The molecule has 1 unspecified atom stereocenters. The Morgan fingerprint density at radius 3 is 2.06 bits per heavy atom. The van der Waals surface area contributed by atoms with Gasteiger partial charge in [-0.05, 0) is 19.3 Å². The Morgan fingerprint density at radius 1 is 1.00 bits per heavy atom. The zero-order chi connectivity index (χ0) is 12.9. The van der Waals surface area contributed by atoms with Crippen LogP contribution in [0.3, 0.4) is 0 Å². The Labute approximate surface area is 106 Å². The minimum absolute atomic E-state index is 0.309. The molecule has 0 bridgehead atoms. The highest BCUT2D eigenvalue weighted by molar-refractivity contribution is 5.66. The standard InChI is InChI=1S/C14H29NO2/c1-2-3-4-7-10-13(15)11-8-5-6-9-12-14(16)17/h13H,2-12,15H2,1H3,(H,16,17). The summed E-state index contributed by atoms with van der Waals surface area (Å²) >= 11 is 0. The highest BCUT2D eigenvalue weighted by Crippen LogP contribution is 2.11. The molecule has 0 aliphatic carbocycles. The van der Waals surface area contributed by atoms with Crippen LogP contribution in [-0.4, -0.2) is 17.1 Å². The van der Waals surface area contributed by atoms with Crippen LogP contribution in [0.1, 0.15) is 77.6 Å². The van der Waals surface area contributed by atoms with Gasteiger partial charge in [-0.3, -0.25) is 4.79 Å². The minimum Gasteiger partial charge on any atom is -0.481 e. The van der Waals surface area contributed by atoms with Crippen LogP contribution in [0.15, 0.2) is 0 Å². The van der Waals surface area contributed by atoms with Gasteiger partial charge in [0.15, 0.2) is 0 Å². The van der Waals surface area contributed by atoms with E-state index in [0.29, 0.717) is 12.5 Å². The predicted molar refractivity (Wildman–Crippen MR) is 72.1 cm³/mol. The number of carbonyl (C=O) groups is 1. The summed E-state index contributed by atoms with van der Waals surface area (Å²) in [4.78, 5) is 10.3. The maximum Gasteiger partial charge on any atom is 0.303 e. The monoisotopic (exact) mass is 243 g/mol. The van der Waals surface area contributed by atoms with Crippen molar-refractivity contribution in [3.05, 3.63) is 0 Å².